The summed E-state index contributed by atoms with van der Waals surface area (Å²) in [5.41, 5.74) is 0.0250. The van der Waals surface area contributed by atoms with Crippen LogP contribution in [0.1, 0.15) is 27.7 Å². The molecule has 0 fully saturated rings. The van der Waals surface area contributed by atoms with Gasteiger partial charge in [0, 0.05) is 19.6 Å². The number of carbonyl (C=O) groups is 1. The molecule has 0 aromatic heterocycles. The van der Waals surface area contributed by atoms with E-state index in [1.165, 1.54) is 0 Å². The van der Waals surface area contributed by atoms with Crippen LogP contribution in [0.25, 0.3) is 0 Å². The monoisotopic (exact) mass is 187 g/mol. The lowest BCUT2D eigenvalue weighted by molar-refractivity contribution is -0.127. The number of rotatable bonds is 4. The van der Waals surface area contributed by atoms with Crippen molar-refractivity contribution >= 4 is 5.91 Å². The summed E-state index contributed by atoms with van der Waals surface area (Å²) in [6.45, 7) is 9.30. The van der Waals surface area contributed by atoms with Gasteiger partial charge in [-0.1, -0.05) is 27.7 Å². The Labute approximate surface area is 80.8 Å². The van der Waals surface area contributed by atoms with Gasteiger partial charge in [0.05, 0.1) is 6.61 Å². The normalized spacial score (nSPS) is 13.9. The molecule has 1 N–H and O–H groups in total. The van der Waals surface area contributed by atoms with E-state index in [1.807, 2.05) is 6.92 Å². The van der Waals surface area contributed by atoms with Crippen LogP contribution >= 0.6 is 0 Å². The van der Waals surface area contributed by atoms with Crippen LogP contribution in [0.2, 0.25) is 0 Å². The molecule has 78 valence electrons. The molecule has 0 aliphatic heterocycles. The SMILES string of the molecule is COCCNC(=O)[C@@H](C)C(C)(C)C. The van der Waals surface area contributed by atoms with Crippen molar-refractivity contribution in [3.8, 4) is 0 Å². The summed E-state index contributed by atoms with van der Waals surface area (Å²) in [6.07, 6.45) is 0. The Morgan fingerprint density at radius 3 is 2.38 bits per heavy atom. The molecule has 3 nitrogen and oxygen atoms in total. The number of hydrogen-bond acceptors (Lipinski definition) is 2. The largest absolute Gasteiger partial charge is 0.383 e. The lowest BCUT2D eigenvalue weighted by atomic mass is 9.81. The van der Waals surface area contributed by atoms with E-state index in [0.717, 1.165) is 0 Å². The van der Waals surface area contributed by atoms with Crippen LogP contribution in [0.4, 0.5) is 0 Å². The van der Waals surface area contributed by atoms with Gasteiger partial charge in [-0.2, -0.15) is 0 Å². The average Bonchev–Trinajstić information content (AvgIpc) is 2.01. The van der Waals surface area contributed by atoms with Gasteiger partial charge in [-0.05, 0) is 5.41 Å². The highest BCUT2D eigenvalue weighted by atomic mass is 16.5. The first kappa shape index (κ1) is 12.4. The van der Waals surface area contributed by atoms with Crippen molar-refractivity contribution in [3.63, 3.8) is 0 Å². The second-order valence-corrected chi connectivity index (χ2v) is 4.37. The van der Waals surface area contributed by atoms with Crippen molar-refractivity contribution in [3.05, 3.63) is 0 Å². The highest BCUT2D eigenvalue weighted by Gasteiger charge is 2.26. The van der Waals surface area contributed by atoms with Gasteiger partial charge in [0.2, 0.25) is 5.91 Å². The first-order chi connectivity index (χ1) is 5.89. The quantitative estimate of drug-likeness (QED) is 0.676. The second kappa shape index (κ2) is 5.22. The Bertz CT molecular complexity index is 161. The summed E-state index contributed by atoms with van der Waals surface area (Å²) >= 11 is 0. The van der Waals surface area contributed by atoms with Crippen LogP contribution in [0.3, 0.4) is 0 Å². The molecule has 0 unspecified atom stereocenters. The summed E-state index contributed by atoms with van der Waals surface area (Å²) in [6, 6.07) is 0. The minimum atomic E-state index is 0.0250. The highest BCUT2D eigenvalue weighted by molar-refractivity contribution is 5.78. The third kappa shape index (κ3) is 4.88. The van der Waals surface area contributed by atoms with E-state index in [0.29, 0.717) is 13.2 Å². The van der Waals surface area contributed by atoms with E-state index in [-0.39, 0.29) is 17.2 Å². The van der Waals surface area contributed by atoms with Crippen LogP contribution in [0.5, 0.6) is 0 Å². The van der Waals surface area contributed by atoms with Gasteiger partial charge >= 0.3 is 0 Å². The summed E-state index contributed by atoms with van der Waals surface area (Å²) < 4.78 is 4.84. The molecule has 0 aliphatic carbocycles. The summed E-state index contributed by atoms with van der Waals surface area (Å²) in [4.78, 5) is 11.5. The average molecular weight is 187 g/mol. The zero-order valence-corrected chi connectivity index (χ0v) is 9.31. The van der Waals surface area contributed by atoms with Crippen LogP contribution < -0.4 is 5.32 Å². The Morgan fingerprint density at radius 2 is 2.00 bits per heavy atom. The number of amides is 1. The Morgan fingerprint density at radius 1 is 1.46 bits per heavy atom. The van der Waals surface area contributed by atoms with Gasteiger partial charge in [-0.25, -0.2) is 0 Å². The van der Waals surface area contributed by atoms with Crippen molar-refractivity contribution in [2.75, 3.05) is 20.3 Å². The summed E-state index contributed by atoms with van der Waals surface area (Å²) in [5, 5.41) is 2.83. The molecule has 0 saturated carbocycles. The number of nitrogens with one attached hydrogen (secondary N) is 1. The maximum absolute atomic E-state index is 11.5. The summed E-state index contributed by atoms with van der Waals surface area (Å²) in [7, 11) is 1.62. The molecule has 1 amide bonds. The molecule has 0 aromatic carbocycles. The first-order valence-electron chi connectivity index (χ1n) is 4.66. The van der Waals surface area contributed by atoms with Crippen molar-refractivity contribution < 1.29 is 9.53 Å². The standard InChI is InChI=1S/C10H21NO2/c1-8(10(2,3)4)9(12)11-6-7-13-5/h8H,6-7H2,1-5H3,(H,11,12)/t8-/m1/s1. The molecule has 0 rings (SSSR count). The molecule has 0 radical (unpaired) electrons. The lowest BCUT2D eigenvalue weighted by Crippen LogP contribution is -2.37. The van der Waals surface area contributed by atoms with Gasteiger partial charge in [-0.15, -0.1) is 0 Å². The molecular formula is C10H21NO2. The molecule has 0 spiro atoms. The molecule has 0 aliphatic rings. The smallest absolute Gasteiger partial charge is 0.223 e. The molecule has 0 aromatic rings. The van der Waals surface area contributed by atoms with Crippen LogP contribution in [0, 0.1) is 11.3 Å². The topological polar surface area (TPSA) is 38.3 Å². The maximum Gasteiger partial charge on any atom is 0.223 e. The van der Waals surface area contributed by atoms with Crippen LogP contribution in [-0.4, -0.2) is 26.2 Å². The number of carbonyl (C=O) groups excluding carboxylic acids is 1. The number of hydrogen-bond donors (Lipinski definition) is 1. The molecule has 0 saturated heterocycles. The van der Waals surface area contributed by atoms with Gasteiger partial charge < -0.3 is 10.1 Å². The van der Waals surface area contributed by atoms with Gasteiger partial charge in [-0.3, -0.25) is 4.79 Å². The van der Waals surface area contributed by atoms with E-state index in [9.17, 15) is 4.79 Å². The van der Waals surface area contributed by atoms with Crippen molar-refractivity contribution in [1.29, 1.82) is 0 Å². The predicted octanol–water partition coefficient (Wildman–Crippen LogP) is 1.43. The molecule has 3 heteroatoms. The first-order valence-corrected chi connectivity index (χ1v) is 4.66. The molecule has 0 heterocycles. The highest BCUT2D eigenvalue weighted by Crippen LogP contribution is 2.24. The zero-order chi connectivity index (χ0) is 10.5. The third-order valence-electron chi connectivity index (χ3n) is 2.30. The van der Waals surface area contributed by atoms with Crippen molar-refractivity contribution in [1.82, 2.24) is 5.32 Å². The van der Waals surface area contributed by atoms with Gasteiger partial charge in [0.25, 0.3) is 0 Å². The van der Waals surface area contributed by atoms with E-state index >= 15 is 0 Å². The summed E-state index contributed by atoms with van der Waals surface area (Å²) in [5.74, 6) is 0.133. The number of methoxy groups -OCH3 is 1. The van der Waals surface area contributed by atoms with Crippen LogP contribution in [-0.2, 0) is 9.53 Å². The third-order valence-corrected chi connectivity index (χ3v) is 2.30. The fraction of sp³-hybridized carbons (Fsp3) is 0.900. The molecule has 1 atom stereocenters. The molecular weight excluding hydrogens is 166 g/mol. The van der Waals surface area contributed by atoms with Gasteiger partial charge in [0.1, 0.15) is 0 Å². The number of ether oxygens (including phenoxy) is 1. The fourth-order valence-electron chi connectivity index (χ4n) is 0.823. The van der Waals surface area contributed by atoms with Crippen molar-refractivity contribution in [2.24, 2.45) is 11.3 Å². The molecule has 13 heavy (non-hydrogen) atoms. The zero-order valence-electron chi connectivity index (χ0n) is 9.31. The maximum atomic E-state index is 11.5. The van der Waals surface area contributed by atoms with E-state index < -0.39 is 0 Å². The Kier molecular flexibility index (Phi) is 4.99. The predicted molar refractivity (Wildman–Crippen MR) is 53.5 cm³/mol. The van der Waals surface area contributed by atoms with E-state index in [1.54, 1.807) is 7.11 Å². The Balaban J connectivity index is 3.84. The molecule has 0 bridgehead atoms. The Hall–Kier alpha value is -0.570. The second-order valence-electron chi connectivity index (χ2n) is 4.37. The van der Waals surface area contributed by atoms with E-state index in [2.05, 4.69) is 26.1 Å². The van der Waals surface area contributed by atoms with E-state index in [4.69, 9.17) is 4.74 Å². The van der Waals surface area contributed by atoms with Crippen molar-refractivity contribution in [2.45, 2.75) is 27.7 Å². The fourth-order valence-corrected chi connectivity index (χ4v) is 0.823. The minimum absolute atomic E-state index is 0.0250. The van der Waals surface area contributed by atoms with Crippen LogP contribution in [0.15, 0.2) is 0 Å². The van der Waals surface area contributed by atoms with Gasteiger partial charge in [0.15, 0.2) is 0 Å². The minimum Gasteiger partial charge on any atom is -0.383 e. The lowest BCUT2D eigenvalue weighted by Gasteiger charge is -2.25.